The molecule has 0 aromatic heterocycles. The van der Waals surface area contributed by atoms with Crippen molar-refractivity contribution in [2.45, 2.75) is 32.6 Å². The van der Waals surface area contributed by atoms with Crippen LogP contribution < -0.4 is 14.5 Å². The van der Waals surface area contributed by atoms with Crippen molar-refractivity contribution in [3.8, 4) is 5.75 Å². The van der Waals surface area contributed by atoms with E-state index in [4.69, 9.17) is 4.74 Å². The van der Waals surface area contributed by atoms with Crippen LogP contribution in [0.25, 0.3) is 0 Å². The van der Waals surface area contributed by atoms with Crippen LogP contribution in [0.3, 0.4) is 0 Å². The molecule has 1 aliphatic heterocycles. The first-order valence-corrected chi connectivity index (χ1v) is 14.7. The highest BCUT2D eigenvalue weighted by molar-refractivity contribution is 6.08. The molecule has 8 heteroatoms. The van der Waals surface area contributed by atoms with Crippen molar-refractivity contribution in [1.82, 2.24) is 9.80 Å². The van der Waals surface area contributed by atoms with E-state index in [0.717, 1.165) is 51.0 Å². The van der Waals surface area contributed by atoms with Crippen LogP contribution in [0.1, 0.15) is 52.0 Å². The summed E-state index contributed by atoms with van der Waals surface area (Å²) in [5, 5.41) is 0. The molecular weight excluding hydrogens is 528 g/mol. The van der Waals surface area contributed by atoms with Crippen molar-refractivity contribution in [1.29, 1.82) is 0 Å². The quantitative estimate of drug-likeness (QED) is 0.294. The molecule has 0 aliphatic carbocycles. The maximum atomic E-state index is 13.4. The lowest BCUT2D eigenvalue weighted by atomic mass is 10.1. The number of rotatable bonds is 11. The summed E-state index contributed by atoms with van der Waals surface area (Å²) in [5.74, 6) is 0.612. The van der Waals surface area contributed by atoms with Crippen molar-refractivity contribution < 1.29 is 19.1 Å². The molecular formula is C34H42N4O4. The van der Waals surface area contributed by atoms with Crippen molar-refractivity contribution in [3.63, 3.8) is 0 Å². The third-order valence-corrected chi connectivity index (χ3v) is 7.76. The summed E-state index contributed by atoms with van der Waals surface area (Å²) in [4.78, 5) is 46.0. The van der Waals surface area contributed by atoms with E-state index in [9.17, 15) is 14.4 Å². The minimum atomic E-state index is -0.172. The predicted octanol–water partition coefficient (Wildman–Crippen LogP) is 5.26. The van der Waals surface area contributed by atoms with Crippen LogP contribution in [0.4, 0.5) is 11.4 Å². The van der Waals surface area contributed by atoms with Gasteiger partial charge in [0.15, 0.2) is 0 Å². The number of unbranched alkanes of at least 4 members (excludes halogenated alkanes) is 2. The summed E-state index contributed by atoms with van der Waals surface area (Å²) in [6.45, 7) is 6.01. The van der Waals surface area contributed by atoms with Crippen molar-refractivity contribution in [3.05, 3.63) is 89.5 Å². The third-order valence-electron chi connectivity index (χ3n) is 7.76. The van der Waals surface area contributed by atoms with E-state index in [1.807, 2.05) is 48.2 Å². The van der Waals surface area contributed by atoms with Crippen molar-refractivity contribution >= 4 is 29.1 Å². The summed E-state index contributed by atoms with van der Waals surface area (Å²) in [7, 11) is 5.55. The number of hydrogen-bond acceptors (Lipinski definition) is 5. The Morgan fingerprint density at radius 2 is 1.40 bits per heavy atom. The molecule has 1 heterocycles. The number of benzene rings is 3. The summed E-state index contributed by atoms with van der Waals surface area (Å²) in [5.41, 5.74) is 3.55. The van der Waals surface area contributed by atoms with Crippen LogP contribution in [0.2, 0.25) is 0 Å². The van der Waals surface area contributed by atoms with E-state index in [1.54, 1.807) is 60.3 Å². The lowest BCUT2D eigenvalue weighted by Crippen LogP contribution is -2.47. The Balaban J connectivity index is 1.30. The molecule has 222 valence electrons. The second kappa shape index (κ2) is 14.6. The zero-order chi connectivity index (χ0) is 30.1. The molecule has 0 saturated carbocycles. The topological polar surface area (TPSA) is 73.4 Å². The molecule has 0 N–H and O–H groups in total. The Morgan fingerprint density at radius 3 is 2.10 bits per heavy atom. The van der Waals surface area contributed by atoms with Gasteiger partial charge in [0.1, 0.15) is 5.75 Å². The van der Waals surface area contributed by atoms with Gasteiger partial charge in [-0.25, -0.2) is 0 Å². The molecule has 0 radical (unpaired) electrons. The Bertz CT molecular complexity index is 1350. The molecule has 1 fully saturated rings. The Morgan fingerprint density at radius 1 is 0.762 bits per heavy atom. The molecule has 8 nitrogen and oxygen atoms in total. The summed E-state index contributed by atoms with van der Waals surface area (Å²) < 4.78 is 6.14. The fourth-order valence-corrected chi connectivity index (χ4v) is 4.99. The number of piperazine rings is 1. The highest BCUT2D eigenvalue weighted by Crippen LogP contribution is 2.30. The smallest absolute Gasteiger partial charge is 0.258 e. The number of ether oxygens (including phenoxy) is 1. The molecule has 3 aromatic rings. The van der Waals surface area contributed by atoms with E-state index in [-0.39, 0.29) is 17.7 Å². The Labute approximate surface area is 249 Å². The summed E-state index contributed by atoms with van der Waals surface area (Å²) in [6, 6.07) is 21.9. The van der Waals surface area contributed by atoms with E-state index in [2.05, 4.69) is 11.9 Å². The van der Waals surface area contributed by atoms with E-state index < -0.39 is 0 Å². The van der Waals surface area contributed by atoms with Gasteiger partial charge >= 0.3 is 0 Å². The van der Waals surface area contributed by atoms with Gasteiger partial charge in [0.2, 0.25) is 5.91 Å². The van der Waals surface area contributed by atoms with Crippen LogP contribution in [0, 0.1) is 6.92 Å². The van der Waals surface area contributed by atoms with Crippen LogP contribution in [0.15, 0.2) is 72.8 Å². The first-order chi connectivity index (χ1) is 20.2. The van der Waals surface area contributed by atoms with E-state index >= 15 is 0 Å². The van der Waals surface area contributed by atoms with E-state index in [0.29, 0.717) is 41.3 Å². The lowest BCUT2D eigenvalue weighted by Gasteiger charge is -2.32. The van der Waals surface area contributed by atoms with Crippen molar-refractivity contribution in [2.75, 3.05) is 63.7 Å². The van der Waals surface area contributed by atoms with Gasteiger partial charge in [-0.2, -0.15) is 0 Å². The predicted molar refractivity (Wildman–Crippen MR) is 168 cm³/mol. The third kappa shape index (κ3) is 7.97. The Hall–Kier alpha value is -4.17. The molecule has 0 unspecified atom stereocenters. The van der Waals surface area contributed by atoms with Crippen molar-refractivity contribution in [2.24, 2.45) is 0 Å². The monoisotopic (exact) mass is 570 g/mol. The van der Waals surface area contributed by atoms with Gasteiger partial charge in [0, 0.05) is 63.5 Å². The zero-order valence-corrected chi connectivity index (χ0v) is 25.2. The van der Waals surface area contributed by atoms with Gasteiger partial charge in [-0.15, -0.1) is 0 Å². The number of likely N-dealkylation sites (N-methyl/N-ethyl adjacent to an activating group) is 1. The zero-order valence-electron chi connectivity index (χ0n) is 25.2. The molecule has 4 rings (SSSR count). The molecule has 0 spiro atoms. The minimum absolute atomic E-state index is 0.116. The molecule has 1 aliphatic rings. The highest BCUT2D eigenvalue weighted by Gasteiger charge is 2.20. The molecule has 0 bridgehead atoms. The van der Waals surface area contributed by atoms with Crippen LogP contribution in [-0.2, 0) is 4.79 Å². The van der Waals surface area contributed by atoms with Gasteiger partial charge in [0.25, 0.3) is 11.8 Å². The Kier molecular flexibility index (Phi) is 10.7. The fraction of sp³-hybridized carbons (Fsp3) is 0.382. The number of nitrogens with zero attached hydrogens (tertiary/aromatic N) is 4. The normalized spacial score (nSPS) is 13.5. The average molecular weight is 571 g/mol. The van der Waals surface area contributed by atoms with Gasteiger partial charge in [-0.05, 0) is 87.3 Å². The second-order valence-electron chi connectivity index (χ2n) is 11.0. The summed E-state index contributed by atoms with van der Waals surface area (Å²) in [6.07, 6.45) is 3.15. The maximum Gasteiger partial charge on any atom is 0.258 e. The first-order valence-electron chi connectivity index (χ1n) is 14.7. The second-order valence-corrected chi connectivity index (χ2v) is 11.0. The number of aryl methyl sites for hydroxylation is 1. The fourth-order valence-electron chi connectivity index (χ4n) is 4.99. The first kappa shape index (κ1) is 30.8. The van der Waals surface area contributed by atoms with Crippen LogP contribution >= 0.6 is 0 Å². The van der Waals surface area contributed by atoms with Gasteiger partial charge in [0.05, 0.1) is 12.3 Å². The van der Waals surface area contributed by atoms with Crippen LogP contribution in [-0.4, -0.2) is 81.5 Å². The molecule has 1 saturated heterocycles. The van der Waals surface area contributed by atoms with Gasteiger partial charge in [-0.1, -0.05) is 24.3 Å². The van der Waals surface area contributed by atoms with E-state index in [1.165, 1.54) is 0 Å². The number of carbonyl (C=O) groups excluding carboxylic acids is 3. The SMILES string of the molecule is Cc1ccc(N(C)C(=O)c2ccc(N(C)C(=O)c3ccccc3)cc2)c(OCCCCCC(=O)N2CCN(C)CC2)c1. The highest BCUT2D eigenvalue weighted by atomic mass is 16.5. The van der Waals surface area contributed by atoms with Gasteiger partial charge in [-0.3, -0.25) is 14.4 Å². The standard InChI is InChI=1S/C34H42N4O4/c1-26-14-19-30(31(25-26)42-24-10-6-9-13-32(39)38-22-20-35(2)21-23-38)37(4)34(41)28-15-17-29(18-16-28)36(3)33(40)27-11-7-5-8-12-27/h5,7-8,11-12,14-19,25H,6,9-10,13,20-24H2,1-4H3. The number of anilines is 2. The summed E-state index contributed by atoms with van der Waals surface area (Å²) >= 11 is 0. The molecule has 0 atom stereocenters. The van der Waals surface area contributed by atoms with Gasteiger partial charge < -0.3 is 24.3 Å². The molecule has 3 amide bonds. The minimum Gasteiger partial charge on any atom is -0.491 e. The number of hydrogen-bond donors (Lipinski definition) is 0. The van der Waals surface area contributed by atoms with Crippen LogP contribution in [0.5, 0.6) is 5.75 Å². The number of carbonyl (C=O) groups is 3. The lowest BCUT2D eigenvalue weighted by molar-refractivity contribution is -0.132. The molecule has 3 aromatic carbocycles. The number of amides is 3. The average Bonchev–Trinajstić information content (AvgIpc) is 3.02. The largest absolute Gasteiger partial charge is 0.491 e. The maximum absolute atomic E-state index is 13.4. The molecule has 42 heavy (non-hydrogen) atoms.